The topological polar surface area (TPSA) is 72.2 Å². The Kier molecular flexibility index (Phi) is 3.34. The van der Waals surface area contributed by atoms with E-state index >= 15 is 0 Å². The van der Waals surface area contributed by atoms with Gasteiger partial charge in [-0.05, 0) is 12.1 Å². The Labute approximate surface area is 101 Å². The molecule has 0 aliphatic rings. The second-order valence-electron chi connectivity index (χ2n) is 3.42. The number of hydrogen-bond donors (Lipinski definition) is 1. The first-order chi connectivity index (χ1) is 8.16. The van der Waals surface area contributed by atoms with E-state index in [2.05, 4.69) is 4.98 Å². The van der Waals surface area contributed by atoms with Crippen molar-refractivity contribution in [1.82, 2.24) is 9.55 Å². The first-order valence-electron chi connectivity index (χ1n) is 5.00. The highest BCUT2D eigenvalue weighted by Gasteiger charge is 2.11. The fourth-order valence-corrected chi connectivity index (χ4v) is 2.28. The van der Waals surface area contributed by atoms with E-state index in [-0.39, 0.29) is 18.6 Å². The number of carboxylic acids is 1. The summed E-state index contributed by atoms with van der Waals surface area (Å²) in [6.07, 6.45) is 5.01. The van der Waals surface area contributed by atoms with Crippen molar-refractivity contribution in [3.8, 4) is 5.00 Å². The highest BCUT2D eigenvalue weighted by Crippen LogP contribution is 2.22. The molecule has 0 radical (unpaired) electrons. The van der Waals surface area contributed by atoms with Crippen molar-refractivity contribution < 1.29 is 14.7 Å². The highest BCUT2D eigenvalue weighted by atomic mass is 32.1. The maximum absolute atomic E-state index is 11.7. The highest BCUT2D eigenvalue weighted by molar-refractivity contribution is 7.16. The molecule has 0 atom stereocenters. The minimum absolute atomic E-state index is 0.0409. The lowest BCUT2D eigenvalue weighted by Gasteiger charge is -1.95. The van der Waals surface area contributed by atoms with E-state index in [4.69, 9.17) is 5.11 Å². The molecule has 1 N–H and O–H groups in total. The van der Waals surface area contributed by atoms with Crippen LogP contribution in [0, 0.1) is 0 Å². The van der Waals surface area contributed by atoms with Crippen LogP contribution in [0.1, 0.15) is 22.5 Å². The Hall–Kier alpha value is -1.95. The van der Waals surface area contributed by atoms with Crippen LogP contribution in [-0.2, 0) is 4.79 Å². The molecule has 0 aliphatic heterocycles. The lowest BCUT2D eigenvalue weighted by atomic mass is 10.2. The number of nitrogens with zero attached hydrogens (tertiary/aromatic N) is 2. The molecule has 88 valence electrons. The van der Waals surface area contributed by atoms with Gasteiger partial charge in [0.1, 0.15) is 5.00 Å². The molecule has 2 rings (SSSR count). The third-order valence-electron chi connectivity index (χ3n) is 2.19. The number of aromatic nitrogens is 2. The Morgan fingerprint density at radius 2 is 2.18 bits per heavy atom. The van der Waals surface area contributed by atoms with Crippen molar-refractivity contribution in [2.45, 2.75) is 12.8 Å². The minimum Gasteiger partial charge on any atom is -0.481 e. The number of aliphatic carboxylic acids is 1. The predicted molar refractivity (Wildman–Crippen MR) is 62.6 cm³/mol. The summed E-state index contributed by atoms with van der Waals surface area (Å²) in [6.45, 7) is 0. The second kappa shape index (κ2) is 4.92. The van der Waals surface area contributed by atoms with Gasteiger partial charge in [0.2, 0.25) is 0 Å². The van der Waals surface area contributed by atoms with Gasteiger partial charge in [0.05, 0.1) is 17.6 Å². The molecule has 0 fully saturated rings. The Morgan fingerprint density at radius 1 is 1.35 bits per heavy atom. The van der Waals surface area contributed by atoms with Gasteiger partial charge in [0.15, 0.2) is 5.78 Å². The maximum atomic E-state index is 11.7. The lowest BCUT2D eigenvalue weighted by Crippen LogP contribution is -2.01. The number of ketones is 1. The van der Waals surface area contributed by atoms with Gasteiger partial charge in [0.25, 0.3) is 0 Å². The molecular formula is C11H10N2O3S. The molecule has 0 saturated heterocycles. The van der Waals surface area contributed by atoms with E-state index in [1.807, 2.05) is 6.07 Å². The van der Waals surface area contributed by atoms with Gasteiger partial charge in [-0.3, -0.25) is 14.2 Å². The van der Waals surface area contributed by atoms with Crippen LogP contribution >= 0.6 is 11.3 Å². The van der Waals surface area contributed by atoms with E-state index < -0.39 is 5.97 Å². The van der Waals surface area contributed by atoms with Crippen LogP contribution in [0.4, 0.5) is 0 Å². The minimum atomic E-state index is -0.954. The number of carbonyl (C=O) groups excluding carboxylic acids is 1. The molecule has 17 heavy (non-hydrogen) atoms. The van der Waals surface area contributed by atoms with E-state index in [9.17, 15) is 9.59 Å². The van der Waals surface area contributed by atoms with Crippen LogP contribution in [0.2, 0.25) is 0 Å². The lowest BCUT2D eigenvalue weighted by molar-refractivity contribution is -0.136. The molecule has 2 aromatic heterocycles. The summed E-state index contributed by atoms with van der Waals surface area (Å²) in [5.74, 6) is -1.09. The average molecular weight is 250 g/mol. The molecule has 0 bridgehead atoms. The standard InChI is InChI=1S/C11H10N2O3S/c14-8(1-4-11(15)16)9-2-3-10(17-9)13-6-5-12-7-13/h2-3,5-7H,1,4H2,(H,15,16). The molecule has 0 unspecified atom stereocenters. The molecule has 0 spiro atoms. The third kappa shape index (κ3) is 2.79. The largest absolute Gasteiger partial charge is 0.481 e. The van der Waals surface area contributed by atoms with E-state index in [1.165, 1.54) is 11.3 Å². The van der Waals surface area contributed by atoms with E-state index in [0.717, 1.165) is 5.00 Å². The first-order valence-corrected chi connectivity index (χ1v) is 5.81. The molecule has 0 aromatic carbocycles. The van der Waals surface area contributed by atoms with Crippen LogP contribution in [-0.4, -0.2) is 26.4 Å². The molecule has 5 nitrogen and oxygen atoms in total. The summed E-state index contributed by atoms with van der Waals surface area (Å²) in [6, 6.07) is 3.53. The number of imidazole rings is 1. The predicted octanol–water partition coefficient (Wildman–Crippen LogP) is 1.98. The summed E-state index contributed by atoms with van der Waals surface area (Å²) in [5.41, 5.74) is 0. The summed E-state index contributed by atoms with van der Waals surface area (Å²) >= 11 is 1.33. The zero-order chi connectivity index (χ0) is 12.3. The van der Waals surface area contributed by atoms with Crippen LogP contribution in [0.5, 0.6) is 0 Å². The Bertz CT molecular complexity index is 531. The van der Waals surface area contributed by atoms with Crippen LogP contribution in [0.3, 0.4) is 0 Å². The molecule has 0 amide bonds. The van der Waals surface area contributed by atoms with E-state index in [0.29, 0.717) is 4.88 Å². The van der Waals surface area contributed by atoms with Gasteiger partial charge >= 0.3 is 5.97 Å². The Balaban J connectivity index is 2.08. The summed E-state index contributed by atoms with van der Waals surface area (Å²) in [4.78, 5) is 26.5. The molecule has 2 aromatic rings. The average Bonchev–Trinajstić information content (AvgIpc) is 2.94. The van der Waals surface area contributed by atoms with Gasteiger partial charge in [0, 0.05) is 18.8 Å². The van der Waals surface area contributed by atoms with Gasteiger partial charge < -0.3 is 5.11 Å². The van der Waals surface area contributed by atoms with Crippen molar-refractivity contribution in [3.05, 3.63) is 35.7 Å². The fraction of sp³-hybridized carbons (Fsp3) is 0.182. The normalized spacial score (nSPS) is 10.4. The molecular weight excluding hydrogens is 240 g/mol. The monoisotopic (exact) mass is 250 g/mol. The SMILES string of the molecule is O=C(O)CCC(=O)c1ccc(-n2ccnc2)s1. The van der Waals surface area contributed by atoms with Crippen LogP contribution in [0.15, 0.2) is 30.9 Å². The maximum Gasteiger partial charge on any atom is 0.303 e. The Morgan fingerprint density at radius 3 is 2.82 bits per heavy atom. The van der Waals surface area contributed by atoms with Crippen molar-refractivity contribution >= 4 is 23.1 Å². The van der Waals surface area contributed by atoms with Crippen molar-refractivity contribution in [3.63, 3.8) is 0 Å². The molecule has 0 saturated carbocycles. The van der Waals surface area contributed by atoms with E-state index in [1.54, 1.807) is 29.4 Å². The number of Topliss-reactive ketones (excluding diaryl/α,β-unsaturated/α-hetero) is 1. The van der Waals surface area contributed by atoms with Gasteiger partial charge in [-0.25, -0.2) is 4.98 Å². The number of carboxylic acid groups (broad SMARTS) is 1. The second-order valence-corrected chi connectivity index (χ2v) is 4.49. The van der Waals surface area contributed by atoms with Gasteiger partial charge in [-0.1, -0.05) is 0 Å². The van der Waals surface area contributed by atoms with Gasteiger partial charge in [-0.2, -0.15) is 0 Å². The zero-order valence-electron chi connectivity index (χ0n) is 8.87. The number of rotatable bonds is 5. The van der Waals surface area contributed by atoms with Crippen molar-refractivity contribution in [2.75, 3.05) is 0 Å². The number of carbonyl (C=O) groups is 2. The summed E-state index contributed by atoms with van der Waals surface area (Å²) in [5, 5.41) is 9.39. The van der Waals surface area contributed by atoms with Gasteiger partial charge in [-0.15, -0.1) is 11.3 Å². The number of hydrogen-bond acceptors (Lipinski definition) is 4. The zero-order valence-corrected chi connectivity index (χ0v) is 9.68. The summed E-state index contributed by atoms with van der Waals surface area (Å²) in [7, 11) is 0. The molecule has 0 aliphatic carbocycles. The molecule has 2 heterocycles. The molecule has 6 heteroatoms. The quantitative estimate of drug-likeness (QED) is 0.823. The fourth-order valence-electron chi connectivity index (χ4n) is 1.35. The van der Waals surface area contributed by atoms with Crippen molar-refractivity contribution in [2.24, 2.45) is 0 Å². The smallest absolute Gasteiger partial charge is 0.303 e. The number of thiophene rings is 1. The van der Waals surface area contributed by atoms with Crippen LogP contribution in [0.25, 0.3) is 5.00 Å². The van der Waals surface area contributed by atoms with Crippen LogP contribution < -0.4 is 0 Å². The van der Waals surface area contributed by atoms with Crippen molar-refractivity contribution in [1.29, 1.82) is 0 Å². The third-order valence-corrected chi connectivity index (χ3v) is 3.33. The first kappa shape index (κ1) is 11.5. The summed E-state index contributed by atoms with van der Waals surface area (Å²) < 4.78 is 1.80.